The molecule has 0 saturated carbocycles. The van der Waals surface area contributed by atoms with Gasteiger partial charge in [0.25, 0.3) is 0 Å². The summed E-state index contributed by atoms with van der Waals surface area (Å²) in [6.45, 7) is 7.49. The maximum Gasteiger partial charge on any atom is 0.250 e. The fourth-order valence-electron chi connectivity index (χ4n) is 2.20. The van der Waals surface area contributed by atoms with Crippen LogP contribution in [0.25, 0.3) is 0 Å². The predicted octanol–water partition coefficient (Wildman–Crippen LogP) is 3.27. The fourth-order valence-corrected chi connectivity index (χ4v) is 4.96. The molecule has 1 aromatic heterocycles. The lowest BCUT2D eigenvalue weighted by Gasteiger charge is -2.14. The zero-order valence-electron chi connectivity index (χ0n) is 13.5. The van der Waals surface area contributed by atoms with E-state index < -0.39 is 10.0 Å². The average Bonchev–Trinajstić information content (AvgIpc) is 2.82. The fraction of sp³-hybridized carbons (Fsp3) is 0.733. The maximum absolute atomic E-state index is 12.4. The molecule has 2 N–H and O–H groups in total. The van der Waals surface area contributed by atoms with E-state index in [2.05, 4.69) is 23.9 Å². The van der Waals surface area contributed by atoms with Crippen molar-refractivity contribution in [2.45, 2.75) is 57.2 Å². The summed E-state index contributed by atoms with van der Waals surface area (Å²) in [6.07, 6.45) is 4.41. The summed E-state index contributed by atoms with van der Waals surface area (Å²) in [5, 5.41) is 3.07. The molecule has 0 radical (unpaired) electrons. The molecule has 1 rings (SSSR count). The highest BCUT2D eigenvalue weighted by molar-refractivity contribution is 7.91. The van der Waals surface area contributed by atoms with Gasteiger partial charge in [0.05, 0.1) is 0 Å². The van der Waals surface area contributed by atoms with E-state index in [1.165, 1.54) is 11.3 Å². The second-order valence-electron chi connectivity index (χ2n) is 5.47. The monoisotopic (exact) mass is 332 g/mol. The number of nitrogens with one attached hydrogen (secondary N) is 2. The average molecular weight is 333 g/mol. The van der Waals surface area contributed by atoms with E-state index in [0.29, 0.717) is 23.2 Å². The zero-order valence-corrected chi connectivity index (χ0v) is 15.2. The molecule has 6 heteroatoms. The van der Waals surface area contributed by atoms with Gasteiger partial charge in [0.15, 0.2) is 0 Å². The molecule has 1 heterocycles. The van der Waals surface area contributed by atoms with Crippen LogP contribution in [0.5, 0.6) is 0 Å². The van der Waals surface area contributed by atoms with Gasteiger partial charge in [-0.15, -0.1) is 11.3 Å². The van der Waals surface area contributed by atoms with Crippen LogP contribution in [0, 0.1) is 12.8 Å². The second-order valence-corrected chi connectivity index (χ2v) is 8.60. The summed E-state index contributed by atoms with van der Waals surface area (Å²) >= 11 is 1.36. The molecular weight excluding hydrogens is 304 g/mol. The third-order valence-electron chi connectivity index (χ3n) is 3.71. The summed E-state index contributed by atoms with van der Waals surface area (Å²) in [4.78, 5) is 1.08. The van der Waals surface area contributed by atoms with Gasteiger partial charge >= 0.3 is 0 Å². The van der Waals surface area contributed by atoms with Gasteiger partial charge in [-0.1, -0.05) is 33.1 Å². The molecule has 1 atom stereocenters. The molecule has 0 aromatic carbocycles. The summed E-state index contributed by atoms with van der Waals surface area (Å²) in [5.41, 5.74) is 1.03. The Morgan fingerprint density at radius 3 is 2.62 bits per heavy atom. The Hall–Kier alpha value is -0.430. The van der Waals surface area contributed by atoms with Crippen molar-refractivity contribution in [1.29, 1.82) is 0 Å². The number of hydrogen-bond donors (Lipinski definition) is 2. The Balaban J connectivity index is 2.70. The first-order valence-corrected chi connectivity index (χ1v) is 9.98. The van der Waals surface area contributed by atoms with Gasteiger partial charge in [0.2, 0.25) is 10.0 Å². The quantitative estimate of drug-likeness (QED) is 0.691. The Bertz CT molecular complexity index is 524. The molecule has 0 spiro atoms. The highest BCUT2D eigenvalue weighted by atomic mass is 32.2. The molecule has 0 saturated heterocycles. The van der Waals surface area contributed by atoms with Crippen molar-refractivity contribution in [3.05, 3.63) is 16.5 Å². The first kappa shape index (κ1) is 18.6. The van der Waals surface area contributed by atoms with E-state index in [1.54, 1.807) is 6.07 Å². The van der Waals surface area contributed by atoms with Crippen LogP contribution in [0.2, 0.25) is 0 Å². The Morgan fingerprint density at radius 2 is 2.05 bits per heavy atom. The van der Waals surface area contributed by atoms with Crippen LogP contribution >= 0.6 is 11.3 Å². The van der Waals surface area contributed by atoms with Gasteiger partial charge in [-0.25, -0.2) is 13.1 Å². The highest BCUT2D eigenvalue weighted by Gasteiger charge is 2.19. The van der Waals surface area contributed by atoms with Gasteiger partial charge < -0.3 is 5.32 Å². The standard InChI is InChI=1S/C15H28N2O2S2/c1-5-7-8-13(6-2)10-17-21(18,19)15-9-12(3)14(20-15)11-16-4/h9,13,16-17H,5-8,10-11H2,1-4H3. The van der Waals surface area contributed by atoms with Crippen molar-refractivity contribution in [3.63, 3.8) is 0 Å². The van der Waals surface area contributed by atoms with Gasteiger partial charge in [-0.3, -0.25) is 0 Å². The molecule has 0 aliphatic rings. The lowest BCUT2D eigenvalue weighted by atomic mass is 10.00. The van der Waals surface area contributed by atoms with E-state index in [1.807, 2.05) is 14.0 Å². The molecule has 0 aliphatic carbocycles. The molecule has 122 valence electrons. The van der Waals surface area contributed by atoms with E-state index in [0.717, 1.165) is 36.1 Å². The second kappa shape index (κ2) is 8.88. The first-order valence-electron chi connectivity index (χ1n) is 7.68. The summed E-state index contributed by atoms with van der Waals surface area (Å²) in [6, 6.07) is 1.77. The van der Waals surface area contributed by atoms with Gasteiger partial charge in [0, 0.05) is 18.0 Å². The van der Waals surface area contributed by atoms with Gasteiger partial charge in [-0.2, -0.15) is 0 Å². The van der Waals surface area contributed by atoms with Crippen molar-refractivity contribution in [1.82, 2.24) is 10.0 Å². The highest BCUT2D eigenvalue weighted by Crippen LogP contribution is 2.26. The van der Waals surface area contributed by atoms with E-state index in [4.69, 9.17) is 0 Å². The number of thiophene rings is 1. The third kappa shape index (κ3) is 5.70. The number of aryl methyl sites for hydroxylation is 1. The number of rotatable bonds is 10. The molecule has 1 aromatic rings. The maximum atomic E-state index is 12.4. The van der Waals surface area contributed by atoms with Crippen LogP contribution in [0.1, 0.15) is 50.0 Å². The van der Waals surface area contributed by atoms with Crippen molar-refractivity contribution < 1.29 is 8.42 Å². The molecule has 21 heavy (non-hydrogen) atoms. The van der Waals surface area contributed by atoms with Crippen molar-refractivity contribution >= 4 is 21.4 Å². The van der Waals surface area contributed by atoms with E-state index in [9.17, 15) is 8.42 Å². The summed E-state index contributed by atoms with van der Waals surface area (Å²) in [5.74, 6) is 0.428. The Kier molecular flexibility index (Phi) is 7.87. The topological polar surface area (TPSA) is 58.2 Å². The number of sulfonamides is 1. The molecule has 0 amide bonds. The van der Waals surface area contributed by atoms with E-state index >= 15 is 0 Å². The van der Waals surface area contributed by atoms with Crippen LogP contribution < -0.4 is 10.0 Å². The van der Waals surface area contributed by atoms with Crippen LogP contribution in [-0.2, 0) is 16.6 Å². The van der Waals surface area contributed by atoms with Crippen molar-refractivity contribution in [2.75, 3.05) is 13.6 Å². The van der Waals surface area contributed by atoms with Crippen LogP contribution in [-0.4, -0.2) is 22.0 Å². The molecule has 0 aliphatic heterocycles. The number of unbranched alkanes of at least 4 members (excludes halogenated alkanes) is 1. The lowest BCUT2D eigenvalue weighted by Crippen LogP contribution is -2.28. The molecular formula is C15H28N2O2S2. The normalized spacial score (nSPS) is 13.5. The zero-order chi connectivity index (χ0) is 15.9. The van der Waals surface area contributed by atoms with Crippen molar-refractivity contribution in [2.24, 2.45) is 5.92 Å². The van der Waals surface area contributed by atoms with Gasteiger partial charge in [-0.05, 0) is 37.9 Å². The largest absolute Gasteiger partial charge is 0.315 e. The Labute approximate surface area is 133 Å². The van der Waals surface area contributed by atoms with Gasteiger partial charge in [0.1, 0.15) is 4.21 Å². The third-order valence-corrected chi connectivity index (χ3v) is 6.84. The molecule has 0 bridgehead atoms. The number of hydrogen-bond acceptors (Lipinski definition) is 4. The lowest BCUT2D eigenvalue weighted by molar-refractivity contribution is 0.444. The molecule has 4 nitrogen and oxygen atoms in total. The van der Waals surface area contributed by atoms with Crippen LogP contribution in [0.4, 0.5) is 0 Å². The summed E-state index contributed by atoms with van der Waals surface area (Å²) in [7, 11) is -1.50. The molecule has 1 unspecified atom stereocenters. The van der Waals surface area contributed by atoms with Crippen molar-refractivity contribution in [3.8, 4) is 0 Å². The predicted molar refractivity (Wildman–Crippen MR) is 90.3 cm³/mol. The van der Waals surface area contributed by atoms with E-state index in [-0.39, 0.29) is 0 Å². The SMILES string of the molecule is CCCCC(CC)CNS(=O)(=O)c1cc(C)c(CNC)s1. The van der Waals surface area contributed by atoms with Crippen LogP contribution in [0.15, 0.2) is 10.3 Å². The smallest absolute Gasteiger partial charge is 0.250 e. The summed E-state index contributed by atoms with van der Waals surface area (Å²) < 4.78 is 28.0. The minimum Gasteiger partial charge on any atom is -0.315 e. The Morgan fingerprint density at radius 1 is 1.33 bits per heavy atom. The minimum atomic E-state index is -3.37. The van der Waals surface area contributed by atoms with Crippen LogP contribution in [0.3, 0.4) is 0 Å². The molecule has 0 fully saturated rings. The minimum absolute atomic E-state index is 0.426. The first-order chi connectivity index (χ1) is 9.94.